The molecule has 2 nitrogen and oxygen atoms in total. The molecule has 4 bridgehead atoms. The lowest BCUT2D eigenvalue weighted by Gasteiger charge is -2.57. The molecule has 0 atom stereocenters. The van der Waals surface area contributed by atoms with Gasteiger partial charge in [-0.3, -0.25) is 10.9 Å². The first-order valence-corrected chi connectivity index (χ1v) is 6.30. The lowest BCUT2D eigenvalue weighted by Crippen LogP contribution is -2.61. The van der Waals surface area contributed by atoms with Crippen LogP contribution in [0.5, 0.6) is 0 Å². The van der Waals surface area contributed by atoms with E-state index in [-0.39, 0.29) is 0 Å². The van der Waals surface area contributed by atoms with Crippen LogP contribution >= 0.6 is 0 Å². The molecule has 4 fully saturated rings. The third-order valence-corrected chi connectivity index (χ3v) is 4.57. The Kier molecular flexibility index (Phi) is 2.10. The largest absolute Gasteiger partial charge is 0.258 e. The van der Waals surface area contributed by atoms with Gasteiger partial charge in [-0.05, 0) is 56.3 Å². The highest BCUT2D eigenvalue weighted by molar-refractivity contribution is 5.05. The Labute approximate surface area is 86.8 Å². The fraction of sp³-hybridized carbons (Fsp3) is 1.00. The van der Waals surface area contributed by atoms with Crippen molar-refractivity contribution in [1.29, 1.82) is 0 Å². The summed E-state index contributed by atoms with van der Waals surface area (Å²) in [5.41, 5.74) is 7.47. The van der Waals surface area contributed by atoms with Crippen LogP contribution in [-0.2, 0) is 0 Å². The number of hydrogen-bond donors (Lipinski definition) is 2. The predicted octanol–water partition coefficient (Wildman–Crippen LogP) is 2.07. The van der Waals surface area contributed by atoms with Crippen molar-refractivity contribution in [2.75, 3.05) is 6.54 Å². The van der Waals surface area contributed by atoms with Crippen molar-refractivity contribution in [3.05, 3.63) is 0 Å². The van der Waals surface area contributed by atoms with E-state index in [0.717, 1.165) is 24.3 Å². The molecule has 4 saturated carbocycles. The number of nitrogens with one attached hydrogen (secondary N) is 2. The molecule has 2 N–H and O–H groups in total. The van der Waals surface area contributed by atoms with Gasteiger partial charge in [0.1, 0.15) is 0 Å². The summed E-state index contributed by atoms with van der Waals surface area (Å²) in [5.74, 6) is 3.15. The van der Waals surface area contributed by atoms with Crippen LogP contribution in [0.4, 0.5) is 0 Å². The molecule has 0 aromatic rings. The first-order valence-electron chi connectivity index (χ1n) is 6.30. The van der Waals surface area contributed by atoms with E-state index in [0.29, 0.717) is 5.54 Å². The van der Waals surface area contributed by atoms with Gasteiger partial charge >= 0.3 is 0 Å². The van der Waals surface area contributed by atoms with Gasteiger partial charge in [-0.25, -0.2) is 0 Å². The minimum Gasteiger partial charge on any atom is -0.258 e. The summed E-state index contributed by atoms with van der Waals surface area (Å²) in [4.78, 5) is 0. The van der Waals surface area contributed by atoms with Crippen LogP contribution in [0.3, 0.4) is 0 Å². The minimum atomic E-state index is 0.491. The van der Waals surface area contributed by atoms with Gasteiger partial charge in [0.25, 0.3) is 0 Å². The molecule has 2 heteroatoms. The van der Waals surface area contributed by atoms with Gasteiger partial charge in [0.15, 0.2) is 0 Å². The molecule has 0 radical (unpaired) electrons. The van der Waals surface area contributed by atoms with Crippen molar-refractivity contribution in [3.63, 3.8) is 0 Å². The maximum Gasteiger partial charge on any atom is 0.0331 e. The molecule has 4 aliphatic rings. The maximum atomic E-state index is 3.63. The molecule has 0 unspecified atom stereocenters. The summed E-state index contributed by atoms with van der Waals surface area (Å²) >= 11 is 0. The smallest absolute Gasteiger partial charge is 0.0331 e. The third kappa shape index (κ3) is 1.40. The molecule has 80 valence electrons. The zero-order chi connectivity index (χ0) is 9.60. The maximum absolute atomic E-state index is 3.63. The molecule has 0 spiro atoms. The van der Waals surface area contributed by atoms with Gasteiger partial charge in [0.2, 0.25) is 0 Å². The van der Waals surface area contributed by atoms with Crippen molar-refractivity contribution < 1.29 is 0 Å². The lowest BCUT2D eigenvalue weighted by molar-refractivity contribution is -0.0264. The molecule has 4 rings (SSSR count). The summed E-state index contributed by atoms with van der Waals surface area (Å²) in [6.07, 6.45) is 8.91. The summed E-state index contributed by atoms with van der Waals surface area (Å²) in [7, 11) is 0. The molecule has 0 heterocycles. The van der Waals surface area contributed by atoms with E-state index in [1.807, 2.05) is 0 Å². The van der Waals surface area contributed by atoms with Gasteiger partial charge < -0.3 is 0 Å². The van der Waals surface area contributed by atoms with Crippen LogP contribution in [-0.4, -0.2) is 12.1 Å². The molecule has 0 aliphatic heterocycles. The molecule has 4 aliphatic carbocycles. The Morgan fingerprint density at radius 2 is 1.50 bits per heavy atom. The second-order valence-electron chi connectivity index (χ2n) is 5.85. The first kappa shape index (κ1) is 9.17. The Hall–Kier alpha value is -0.0800. The normalized spacial score (nSPS) is 49.9. The van der Waals surface area contributed by atoms with Gasteiger partial charge in [-0.1, -0.05) is 6.92 Å². The highest BCUT2D eigenvalue weighted by Crippen LogP contribution is 2.55. The van der Waals surface area contributed by atoms with E-state index in [2.05, 4.69) is 17.8 Å². The van der Waals surface area contributed by atoms with Crippen LogP contribution in [0.25, 0.3) is 0 Å². The van der Waals surface area contributed by atoms with Crippen LogP contribution in [0.1, 0.15) is 45.4 Å². The first-order chi connectivity index (χ1) is 6.80. The molecular weight excluding hydrogens is 172 g/mol. The summed E-state index contributed by atoms with van der Waals surface area (Å²) in [6.45, 7) is 3.22. The summed E-state index contributed by atoms with van der Waals surface area (Å²) in [5, 5.41) is 0. The van der Waals surface area contributed by atoms with Crippen LogP contribution in [0.15, 0.2) is 0 Å². The predicted molar refractivity (Wildman–Crippen MR) is 57.7 cm³/mol. The fourth-order valence-electron chi connectivity index (χ4n) is 4.54. The van der Waals surface area contributed by atoms with E-state index in [4.69, 9.17) is 0 Å². The van der Waals surface area contributed by atoms with E-state index < -0.39 is 0 Å². The topological polar surface area (TPSA) is 24.1 Å². The Bertz CT molecular complexity index is 189. The molecule has 0 aromatic heterocycles. The zero-order valence-corrected chi connectivity index (χ0v) is 9.18. The highest BCUT2D eigenvalue weighted by Gasteiger charge is 2.50. The van der Waals surface area contributed by atoms with Crippen molar-refractivity contribution >= 4 is 0 Å². The van der Waals surface area contributed by atoms with E-state index in [9.17, 15) is 0 Å². The van der Waals surface area contributed by atoms with E-state index >= 15 is 0 Å². The van der Waals surface area contributed by atoms with Crippen molar-refractivity contribution in [2.45, 2.75) is 51.0 Å². The average molecular weight is 194 g/mol. The lowest BCUT2D eigenvalue weighted by atomic mass is 9.53. The standard InChI is InChI=1S/C12H22N2/c1-2-13-14-12-6-9-3-10(7-12)5-11(4-9)8-12/h9-11,13-14H,2-8H2,1H3. The highest BCUT2D eigenvalue weighted by atomic mass is 15.4. The monoisotopic (exact) mass is 194 g/mol. The number of hydrazine groups is 1. The third-order valence-electron chi connectivity index (χ3n) is 4.57. The fourth-order valence-corrected chi connectivity index (χ4v) is 4.54. The van der Waals surface area contributed by atoms with Crippen molar-refractivity contribution in [3.8, 4) is 0 Å². The van der Waals surface area contributed by atoms with Gasteiger partial charge in [-0.2, -0.15) is 0 Å². The number of hydrogen-bond acceptors (Lipinski definition) is 2. The Balaban J connectivity index is 1.74. The Morgan fingerprint density at radius 3 is 1.93 bits per heavy atom. The summed E-state index contributed by atoms with van der Waals surface area (Å²) in [6, 6.07) is 0. The van der Waals surface area contributed by atoms with Crippen LogP contribution in [0.2, 0.25) is 0 Å². The Morgan fingerprint density at radius 1 is 1.00 bits per heavy atom. The van der Waals surface area contributed by atoms with Gasteiger partial charge in [0.05, 0.1) is 0 Å². The quantitative estimate of drug-likeness (QED) is 0.672. The molecule has 0 amide bonds. The minimum absolute atomic E-state index is 0.491. The molecule has 0 aromatic carbocycles. The summed E-state index contributed by atoms with van der Waals surface area (Å²) < 4.78 is 0. The average Bonchev–Trinajstić information content (AvgIpc) is 2.12. The van der Waals surface area contributed by atoms with Crippen LogP contribution < -0.4 is 10.9 Å². The van der Waals surface area contributed by atoms with Crippen LogP contribution in [0, 0.1) is 17.8 Å². The molecule has 0 saturated heterocycles. The van der Waals surface area contributed by atoms with Gasteiger partial charge in [0, 0.05) is 12.1 Å². The molecular formula is C12H22N2. The van der Waals surface area contributed by atoms with Gasteiger partial charge in [-0.15, -0.1) is 0 Å². The number of rotatable bonds is 3. The van der Waals surface area contributed by atoms with E-state index in [1.165, 1.54) is 38.5 Å². The SMILES string of the molecule is CCNNC12CC3CC(CC(C3)C1)C2. The van der Waals surface area contributed by atoms with Crippen molar-refractivity contribution in [2.24, 2.45) is 17.8 Å². The van der Waals surface area contributed by atoms with E-state index in [1.54, 1.807) is 0 Å². The second-order valence-corrected chi connectivity index (χ2v) is 5.85. The van der Waals surface area contributed by atoms with Crippen molar-refractivity contribution in [1.82, 2.24) is 10.9 Å². The zero-order valence-electron chi connectivity index (χ0n) is 9.18. The molecule has 14 heavy (non-hydrogen) atoms. The second kappa shape index (κ2) is 3.21.